The summed E-state index contributed by atoms with van der Waals surface area (Å²) in [5.74, 6) is 2.67. The Morgan fingerprint density at radius 2 is 1.86 bits per heavy atom. The van der Waals surface area contributed by atoms with E-state index in [1.54, 1.807) is 0 Å². The number of nitrogen functional groups attached to an aromatic ring is 1. The van der Waals surface area contributed by atoms with Crippen LogP contribution in [0, 0.1) is 18.8 Å². The molecule has 0 aromatic carbocycles. The third-order valence-corrected chi connectivity index (χ3v) is 8.15. The van der Waals surface area contributed by atoms with Crippen LogP contribution in [0.3, 0.4) is 0 Å². The number of piperazine rings is 1. The molecule has 0 unspecified atom stereocenters. The number of amides is 1. The van der Waals surface area contributed by atoms with Crippen molar-refractivity contribution in [1.29, 1.82) is 0 Å². The summed E-state index contributed by atoms with van der Waals surface area (Å²) in [5, 5.41) is 1.09. The van der Waals surface area contributed by atoms with E-state index >= 15 is 0 Å². The fraction of sp³-hybridized carbons (Fsp3) is 0.500. The summed E-state index contributed by atoms with van der Waals surface area (Å²) in [6, 6.07) is 6.61. The number of anilines is 2. The maximum Gasteiger partial charge on any atom is 0.226 e. The van der Waals surface area contributed by atoms with Crippen molar-refractivity contribution in [2.75, 3.05) is 30.3 Å². The number of nitrogens with zero attached hydrogens (tertiary/aromatic N) is 5. The van der Waals surface area contributed by atoms with Gasteiger partial charge in [-0.25, -0.2) is 4.98 Å². The van der Waals surface area contributed by atoms with E-state index in [0.717, 1.165) is 77.4 Å². The van der Waals surface area contributed by atoms with Crippen LogP contribution in [0.4, 0.5) is 11.5 Å². The number of fused-ring (bicyclic) bond motifs is 1. The highest BCUT2D eigenvalue weighted by atomic mass is 16.2. The molecule has 0 radical (unpaired) electrons. The second kappa shape index (κ2) is 7.90. The summed E-state index contributed by atoms with van der Waals surface area (Å²) in [5.41, 5.74) is 12.7. The van der Waals surface area contributed by atoms with Gasteiger partial charge >= 0.3 is 0 Å². The largest absolute Gasteiger partial charge is 0.396 e. The lowest BCUT2D eigenvalue weighted by Crippen LogP contribution is -2.57. The van der Waals surface area contributed by atoms with E-state index in [1.165, 1.54) is 25.7 Å². The molecule has 1 amide bonds. The zero-order valence-electron chi connectivity index (χ0n) is 20.3. The minimum absolute atomic E-state index is 0.278. The number of hydrogen-bond acceptors (Lipinski definition) is 6. The van der Waals surface area contributed by atoms with Gasteiger partial charge in [-0.1, -0.05) is 0 Å². The topological polar surface area (TPSA) is 88.2 Å². The lowest BCUT2D eigenvalue weighted by molar-refractivity contribution is -0.135. The van der Waals surface area contributed by atoms with Crippen molar-refractivity contribution in [2.24, 2.45) is 11.8 Å². The van der Waals surface area contributed by atoms with Gasteiger partial charge in [0, 0.05) is 54.3 Å². The first-order valence-corrected chi connectivity index (χ1v) is 13.1. The summed E-state index contributed by atoms with van der Waals surface area (Å²) >= 11 is 0. The molecule has 35 heavy (non-hydrogen) atoms. The Morgan fingerprint density at radius 3 is 2.60 bits per heavy atom. The van der Waals surface area contributed by atoms with Crippen molar-refractivity contribution in [3.8, 4) is 11.1 Å². The highest BCUT2D eigenvalue weighted by molar-refractivity contribution is 5.96. The van der Waals surface area contributed by atoms with Gasteiger partial charge in [-0.3, -0.25) is 14.8 Å². The summed E-state index contributed by atoms with van der Waals surface area (Å²) in [4.78, 5) is 31.7. The molecule has 0 spiro atoms. The Bertz CT molecular complexity index is 1330. The number of hydrogen-bond donors (Lipinski definition) is 1. The van der Waals surface area contributed by atoms with Gasteiger partial charge in [-0.15, -0.1) is 0 Å². The molecule has 1 aliphatic heterocycles. The maximum absolute atomic E-state index is 13.0. The Hall–Kier alpha value is -3.22. The minimum atomic E-state index is 0.278. The van der Waals surface area contributed by atoms with Gasteiger partial charge in [-0.05, 0) is 75.1 Å². The van der Waals surface area contributed by atoms with E-state index in [2.05, 4.69) is 31.9 Å². The Labute approximate surface area is 205 Å². The highest BCUT2D eigenvalue weighted by Crippen LogP contribution is 2.47. The smallest absolute Gasteiger partial charge is 0.226 e. The summed E-state index contributed by atoms with van der Waals surface area (Å²) < 4.78 is 0. The second-order valence-corrected chi connectivity index (χ2v) is 11.0. The Balaban J connectivity index is 1.27. The van der Waals surface area contributed by atoms with Crippen LogP contribution in [0.25, 0.3) is 22.0 Å². The van der Waals surface area contributed by atoms with Gasteiger partial charge in [-0.2, -0.15) is 0 Å². The van der Waals surface area contributed by atoms with Crippen LogP contribution in [-0.4, -0.2) is 51.4 Å². The second-order valence-electron chi connectivity index (χ2n) is 11.0. The van der Waals surface area contributed by atoms with Crippen LogP contribution in [0.2, 0.25) is 0 Å². The average Bonchev–Trinajstić information content (AvgIpc) is 3.72. The molecule has 7 nitrogen and oxygen atoms in total. The van der Waals surface area contributed by atoms with Gasteiger partial charge in [0.05, 0.1) is 29.1 Å². The number of pyridine rings is 3. The molecule has 4 aliphatic rings. The Morgan fingerprint density at radius 1 is 1.03 bits per heavy atom. The van der Waals surface area contributed by atoms with Crippen molar-refractivity contribution >= 4 is 28.3 Å². The number of aryl methyl sites for hydroxylation is 1. The zero-order chi connectivity index (χ0) is 23.7. The van der Waals surface area contributed by atoms with Crippen LogP contribution in [0.1, 0.15) is 55.8 Å². The standard InChI is InChI=1S/C28H32N6O/c1-16-12-21(20-8-9-30-14-24(20)31-16)22-13-23(29)27(32-26(22)18-4-5-18)33-10-11-34(28(35)19-6-7-19)25(15-33)17-2-3-17/h8-9,12-14,17-19,25H,2-7,10-11,15,29H2,1H3/t25-/m0/s1. The van der Waals surface area contributed by atoms with Crippen LogP contribution in [0.5, 0.6) is 0 Å². The lowest BCUT2D eigenvalue weighted by atomic mass is 9.97. The van der Waals surface area contributed by atoms with Gasteiger partial charge in [0.2, 0.25) is 5.91 Å². The zero-order valence-corrected chi connectivity index (χ0v) is 20.3. The number of carbonyl (C=O) groups excluding carboxylic acids is 1. The summed E-state index contributed by atoms with van der Waals surface area (Å²) in [6.07, 6.45) is 10.6. The van der Waals surface area contributed by atoms with Crippen LogP contribution in [-0.2, 0) is 4.79 Å². The molecule has 3 aromatic heterocycles. The predicted octanol–water partition coefficient (Wildman–Crippen LogP) is 4.30. The maximum atomic E-state index is 13.0. The van der Waals surface area contributed by atoms with Crippen molar-refractivity contribution < 1.29 is 4.79 Å². The van der Waals surface area contributed by atoms with E-state index in [9.17, 15) is 4.79 Å². The third kappa shape index (κ3) is 3.81. The van der Waals surface area contributed by atoms with Crippen molar-refractivity contribution in [2.45, 2.75) is 57.4 Å². The number of rotatable bonds is 5. The van der Waals surface area contributed by atoms with Gasteiger partial charge in [0.1, 0.15) is 0 Å². The van der Waals surface area contributed by atoms with E-state index in [-0.39, 0.29) is 5.92 Å². The van der Waals surface area contributed by atoms with E-state index < -0.39 is 0 Å². The summed E-state index contributed by atoms with van der Waals surface area (Å²) in [6.45, 7) is 4.44. The Kier molecular flexibility index (Phi) is 4.76. The van der Waals surface area contributed by atoms with Crippen LogP contribution in [0.15, 0.2) is 30.6 Å². The molecule has 2 N–H and O–H groups in total. The van der Waals surface area contributed by atoms with Crippen LogP contribution < -0.4 is 10.6 Å². The molecular formula is C28H32N6O. The van der Waals surface area contributed by atoms with Gasteiger partial charge in [0.15, 0.2) is 5.82 Å². The van der Waals surface area contributed by atoms with Crippen molar-refractivity contribution in [1.82, 2.24) is 19.9 Å². The molecule has 3 saturated carbocycles. The molecule has 4 fully saturated rings. The SMILES string of the molecule is Cc1cc(-c2cc(N)c(N3CCN(C(=O)C4CC4)[C@H](C4CC4)C3)nc2C2CC2)c2ccncc2n1. The first-order valence-electron chi connectivity index (χ1n) is 13.1. The third-order valence-electron chi connectivity index (χ3n) is 8.15. The average molecular weight is 469 g/mol. The fourth-order valence-corrected chi connectivity index (χ4v) is 5.83. The predicted molar refractivity (Wildman–Crippen MR) is 137 cm³/mol. The molecule has 180 valence electrons. The monoisotopic (exact) mass is 468 g/mol. The lowest BCUT2D eigenvalue weighted by Gasteiger charge is -2.43. The van der Waals surface area contributed by atoms with Crippen molar-refractivity contribution in [3.05, 3.63) is 42.0 Å². The number of carbonyl (C=O) groups is 1. The molecule has 7 rings (SSSR count). The molecule has 0 bridgehead atoms. The quantitative estimate of drug-likeness (QED) is 0.601. The van der Waals surface area contributed by atoms with E-state index in [4.69, 9.17) is 10.7 Å². The van der Waals surface area contributed by atoms with Crippen LogP contribution >= 0.6 is 0 Å². The molecule has 3 aliphatic carbocycles. The molecule has 4 heterocycles. The highest BCUT2D eigenvalue weighted by Gasteiger charge is 2.45. The first kappa shape index (κ1) is 21.1. The van der Waals surface area contributed by atoms with E-state index in [1.807, 2.05) is 25.4 Å². The summed E-state index contributed by atoms with van der Waals surface area (Å²) in [7, 11) is 0. The minimum Gasteiger partial charge on any atom is -0.396 e. The molecule has 1 saturated heterocycles. The normalized spacial score (nSPS) is 22.6. The first-order chi connectivity index (χ1) is 17.1. The van der Waals surface area contributed by atoms with Gasteiger partial charge < -0.3 is 15.5 Å². The van der Waals surface area contributed by atoms with E-state index in [0.29, 0.717) is 23.8 Å². The number of aromatic nitrogens is 3. The molecule has 1 atom stereocenters. The number of nitrogens with two attached hydrogens (primary N) is 1. The molecular weight excluding hydrogens is 436 g/mol. The van der Waals surface area contributed by atoms with Gasteiger partial charge in [0.25, 0.3) is 0 Å². The van der Waals surface area contributed by atoms with Crippen molar-refractivity contribution in [3.63, 3.8) is 0 Å². The molecule has 3 aromatic rings. The fourth-order valence-electron chi connectivity index (χ4n) is 5.83. The molecule has 7 heteroatoms.